The fraction of sp³-hybridized carbons (Fsp3) is 0.312. The molecular formula is C16H16BrNO2. The zero-order chi connectivity index (χ0) is 13.9. The van der Waals surface area contributed by atoms with Gasteiger partial charge in [-0.3, -0.25) is 4.90 Å². The third kappa shape index (κ3) is 2.80. The van der Waals surface area contributed by atoms with E-state index in [1.54, 1.807) is 4.90 Å². The van der Waals surface area contributed by atoms with Crippen molar-refractivity contribution in [3.8, 4) is 0 Å². The van der Waals surface area contributed by atoms with Crippen molar-refractivity contribution in [2.75, 3.05) is 13.2 Å². The third-order valence-corrected chi connectivity index (χ3v) is 4.20. The molecule has 0 N–H and O–H groups in total. The van der Waals surface area contributed by atoms with Crippen molar-refractivity contribution in [2.24, 2.45) is 0 Å². The summed E-state index contributed by atoms with van der Waals surface area (Å²) in [6, 6.07) is 8.36. The molecule has 1 saturated heterocycles. The van der Waals surface area contributed by atoms with E-state index in [9.17, 15) is 4.79 Å². The van der Waals surface area contributed by atoms with Crippen molar-refractivity contribution in [3.63, 3.8) is 0 Å². The Balaban J connectivity index is 1.88. The van der Waals surface area contributed by atoms with Crippen LogP contribution in [0.2, 0.25) is 0 Å². The summed E-state index contributed by atoms with van der Waals surface area (Å²) in [4.78, 5) is 13.3. The van der Waals surface area contributed by atoms with Crippen LogP contribution in [0.15, 0.2) is 52.7 Å². The van der Waals surface area contributed by atoms with E-state index in [0.717, 1.165) is 17.3 Å². The fourth-order valence-electron chi connectivity index (χ4n) is 2.62. The van der Waals surface area contributed by atoms with Gasteiger partial charge in [-0.15, -0.1) is 0 Å². The molecule has 0 unspecified atom stereocenters. The van der Waals surface area contributed by atoms with Crippen LogP contribution in [0.3, 0.4) is 0 Å². The Morgan fingerprint density at radius 1 is 1.30 bits per heavy atom. The van der Waals surface area contributed by atoms with Gasteiger partial charge in [-0.1, -0.05) is 40.2 Å². The molecule has 2 aliphatic rings. The van der Waals surface area contributed by atoms with Gasteiger partial charge in [-0.05, 0) is 36.1 Å². The Bertz CT molecular complexity index is 562. The molecule has 1 aromatic carbocycles. The van der Waals surface area contributed by atoms with E-state index >= 15 is 0 Å². The standard InChI is InChI=1S/C16H16BrNO2/c17-14-7-5-12(6-8-14)15-4-2-1-3-13(15)11-18-9-10-20-16(18)19/h2,4-8,11,15H,1,3,9-10H2/b13-11-/t15-/m0/s1. The second-order valence-corrected chi connectivity index (χ2v) is 5.92. The number of hydrogen-bond donors (Lipinski definition) is 0. The second-order valence-electron chi connectivity index (χ2n) is 5.01. The first-order valence-electron chi connectivity index (χ1n) is 6.80. The lowest BCUT2D eigenvalue weighted by atomic mass is 9.85. The Labute approximate surface area is 127 Å². The number of benzene rings is 1. The summed E-state index contributed by atoms with van der Waals surface area (Å²) in [5, 5.41) is 0. The van der Waals surface area contributed by atoms with E-state index in [1.165, 1.54) is 11.1 Å². The maximum atomic E-state index is 11.6. The highest BCUT2D eigenvalue weighted by Gasteiger charge is 2.23. The number of carbonyl (C=O) groups excluding carboxylic acids is 1. The van der Waals surface area contributed by atoms with Crippen molar-refractivity contribution in [1.82, 2.24) is 4.90 Å². The first kappa shape index (κ1) is 13.4. The van der Waals surface area contributed by atoms with Gasteiger partial charge in [0.15, 0.2) is 0 Å². The number of amides is 1. The van der Waals surface area contributed by atoms with Crippen LogP contribution < -0.4 is 0 Å². The highest BCUT2D eigenvalue weighted by molar-refractivity contribution is 9.10. The summed E-state index contributed by atoms with van der Waals surface area (Å²) in [5.74, 6) is 0.255. The first-order chi connectivity index (χ1) is 9.74. The SMILES string of the molecule is O=C1OCCN1/C=C1/CCC=C[C@H]1c1ccc(Br)cc1. The van der Waals surface area contributed by atoms with Crippen LogP contribution in [0.1, 0.15) is 24.3 Å². The van der Waals surface area contributed by atoms with Crippen LogP contribution >= 0.6 is 15.9 Å². The molecule has 1 aliphatic heterocycles. The molecule has 20 heavy (non-hydrogen) atoms. The molecule has 0 aromatic heterocycles. The van der Waals surface area contributed by atoms with Gasteiger partial charge in [0.1, 0.15) is 6.61 Å². The average Bonchev–Trinajstić information content (AvgIpc) is 2.86. The van der Waals surface area contributed by atoms with Crippen molar-refractivity contribution >= 4 is 22.0 Å². The number of rotatable bonds is 2. The van der Waals surface area contributed by atoms with Crippen LogP contribution in [0.4, 0.5) is 4.79 Å². The number of nitrogens with zero attached hydrogens (tertiary/aromatic N) is 1. The smallest absolute Gasteiger partial charge is 0.413 e. The lowest BCUT2D eigenvalue weighted by Crippen LogP contribution is -2.19. The maximum Gasteiger partial charge on any atom is 0.413 e. The Morgan fingerprint density at radius 3 is 2.80 bits per heavy atom. The number of allylic oxidation sites excluding steroid dienone is 3. The van der Waals surface area contributed by atoms with Gasteiger partial charge in [0, 0.05) is 16.6 Å². The first-order valence-corrected chi connectivity index (χ1v) is 7.59. The summed E-state index contributed by atoms with van der Waals surface area (Å²) in [5.41, 5.74) is 2.52. The number of ether oxygens (including phenoxy) is 1. The number of halogens is 1. The molecule has 3 rings (SSSR count). The summed E-state index contributed by atoms with van der Waals surface area (Å²) < 4.78 is 6.06. The maximum absolute atomic E-state index is 11.6. The molecule has 1 atom stereocenters. The topological polar surface area (TPSA) is 29.5 Å². The van der Waals surface area contributed by atoms with Crippen LogP contribution in [0.5, 0.6) is 0 Å². The van der Waals surface area contributed by atoms with E-state index in [4.69, 9.17) is 4.74 Å². The molecule has 1 fully saturated rings. The third-order valence-electron chi connectivity index (χ3n) is 3.67. The van der Waals surface area contributed by atoms with Crippen LogP contribution in [0, 0.1) is 0 Å². The molecule has 1 amide bonds. The molecular weight excluding hydrogens is 318 g/mol. The van der Waals surface area contributed by atoms with E-state index in [1.807, 2.05) is 6.20 Å². The molecule has 3 nitrogen and oxygen atoms in total. The predicted molar refractivity (Wildman–Crippen MR) is 81.4 cm³/mol. The Kier molecular flexibility index (Phi) is 3.92. The van der Waals surface area contributed by atoms with Crippen LogP contribution in [-0.4, -0.2) is 24.1 Å². The highest BCUT2D eigenvalue weighted by atomic mass is 79.9. The van der Waals surface area contributed by atoms with Gasteiger partial charge >= 0.3 is 6.09 Å². The van der Waals surface area contributed by atoms with E-state index in [-0.39, 0.29) is 12.0 Å². The molecule has 1 aromatic rings. The van der Waals surface area contributed by atoms with Crippen molar-refractivity contribution in [2.45, 2.75) is 18.8 Å². The molecule has 104 valence electrons. The summed E-state index contributed by atoms with van der Waals surface area (Å²) in [7, 11) is 0. The lowest BCUT2D eigenvalue weighted by molar-refractivity contribution is 0.166. The molecule has 1 aliphatic carbocycles. The minimum absolute atomic E-state index is 0.235. The second kappa shape index (κ2) is 5.83. The molecule has 0 bridgehead atoms. The van der Waals surface area contributed by atoms with Gasteiger partial charge in [0.05, 0.1) is 6.54 Å². The van der Waals surface area contributed by atoms with Gasteiger partial charge in [-0.25, -0.2) is 4.79 Å². The lowest BCUT2D eigenvalue weighted by Gasteiger charge is -2.23. The number of cyclic esters (lactones) is 1. The number of hydrogen-bond acceptors (Lipinski definition) is 2. The van der Waals surface area contributed by atoms with Gasteiger partial charge in [0.2, 0.25) is 0 Å². The highest BCUT2D eigenvalue weighted by Crippen LogP contribution is 2.34. The van der Waals surface area contributed by atoms with E-state index < -0.39 is 0 Å². The van der Waals surface area contributed by atoms with Gasteiger partial charge in [0.25, 0.3) is 0 Å². The normalized spacial score (nSPS) is 24.2. The van der Waals surface area contributed by atoms with Crippen LogP contribution in [-0.2, 0) is 4.74 Å². The van der Waals surface area contributed by atoms with E-state index in [2.05, 4.69) is 52.3 Å². The van der Waals surface area contributed by atoms with Crippen molar-refractivity contribution in [3.05, 3.63) is 58.2 Å². The zero-order valence-electron chi connectivity index (χ0n) is 11.1. The van der Waals surface area contributed by atoms with E-state index in [0.29, 0.717) is 13.2 Å². The predicted octanol–water partition coefficient (Wildman–Crippen LogP) is 4.22. The molecule has 4 heteroatoms. The zero-order valence-corrected chi connectivity index (χ0v) is 12.7. The quantitative estimate of drug-likeness (QED) is 0.758. The molecule has 1 heterocycles. The largest absolute Gasteiger partial charge is 0.447 e. The van der Waals surface area contributed by atoms with Gasteiger partial charge in [-0.2, -0.15) is 0 Å². The van der Waals surface area contributed by atoms with Crippen molar-refractivity contribution < 1.29 is 9.53 Å². The Morgan fingerprint density at radius 2 is 2.10 bits per heavy atom. The van der Waals surface area contributed by atoms with Crippen LogP contribution in [0.25, 0.3) is 0 Å². The minimum Gasteiger partial charge on any atom is -0.447 e. The summed E-state index contributed by atoms with van der Waals surface area (Å²) >= 11 is 3.46. The Hall–Kier alpha value is -1.55. The average molecular weight is 334 g/mol. The summed E-state index contributed by atoms with van der Waals surface area (Å²) in [6.07, 6.45) is 8.20. The molecule has 0 radical (unpaired) electrons. The number of carbonyl (C=O) groups is 1. The van der Waals surface area contributed by atoms with Gasteiger partial charge < -0.3 is 4.74 Å². The molecule has 0 spiro atoms. The fourth-order valence-corrected chi connectivity index (χ4v) is 2.89. The monoisotopic (exact) mass is 333 g/mol. The summed E-state index contributed by atoms with van der Waals surface area (Å²) in [6.45, 7) is 1.14. The van der Waals surface area contributed by atoms with Crippen molar-refractivity contribution in [1.29, 1.82) is 0 Å². The minimum atomic E-state index is -0.235. The molecule has 0 saturated carbocycles.